The number of unbranched alkanes of at least 4 members (excludes halogenated alkanes) is 13. The third-order valence-corrected chi connectivity index (χ3v) is 7.56. The van der Waals surface area contributed by atoms with Gasteiger partial charge in [-0.3, -0.25) is 0 Å². The minimum atomic E-state index is -0.000378. The van der Waals surface area contributed by atoms with Crippen molar-refractivity contribution in [2.45, 2.75) is 130 Å². The van der Waals surface area contributed by atoms with Crippen LogP contribution in [0.5, 0.6) is 0 Å². The quantitative estimate of drug-likeness (QED) is 0.109. The maximum Gasteiger partial charge on any atom is 0.104 e. The van der Waals surface area contributed by atoms with E-state index in [1.165, 1.54) is 94.6 Å². The van der Waals surface area contributed by atoms with Crippen LogP contribution in [0.15, 0.2) is 36.7 Å². The molecule has 0 bridgehead atoms. The molecule has 0 N–H and O–H groups in total. The second kappa shape index (κ2) is 23.2. The van der Waals surface area contributed by atoms with Gasteiger partial charge in [0.25, 0.3) is 0 Å². The molecule has 0 aromatic heterocycles. The molecule has 1 aliphatic rings. The standard InChI is InChI=1S/C34H60N2O3/c1-4-7-8-9-10-11-12-13-14-15-16-17-18-19-25-37-29-34(39-6-3)30-38-28-33-22-20-21-32(26-33)27-36-24-23-35(5-2)31-36/h20-24,26,34H,4-19,25,27-31H2,1-3H3. The largest absolute Gasteiger partial charge is 0.379 e. The van der Waals surface area contributed by atoms with Gasteiger partial charge in [-0.25, -0.2) is 0 Å². The summed E-state index contributed by atoms with van der Waals surface area (Å²) in [6.45, 7) is 12.7. The van der Waals surface area contributed by atoms with Crippen LogP contribution in [-0.4, -0.2) is 55.5 Å². The van der Waals surface area contributed by atoms with Crippen molar-refractivity contribution < 1.29 is 14.2 Å². The van der Waals surface area contributed by atoms with Gasteiger partial charge in [-0.2, -0.15) is 0 Å². The molecule has 1 aromatic rings. The summed E-state index contributed by atoms with van der Waals surface area (Å²) < 4.78 is 17.8. The summed E-state index contributed by atoms with van der Waals surface area (Å²) in [5, 5.41) is 0. The van der Waals surface area contributed by atoms with Crippen molar-refractivity contribution >= 4 is 0 Å². The van der Waals surface area contributed by atoms with E-state index in [9.17, 15) is 0 Å². The van der Waals surface area contributed by atoms with E-state index in [4.69, 9.17) is 14.2 Å². The maximum atomic E-state index is 6.03. The van der Waals surface area contributed by atoms with Gasteiger partial charge in [0.05, 0.1) is 26.5 Å². The number of nitrogens with zero attached hydrogens (tertiary/aromatic N) is 2. The molecule has 0 saturated heterocycles. The van der Waals surface area contributed by atoms with E-state index >= 15 is 0 Å². The first-order chi connectivity index (χ1) is 19.2. The van der Waals surface area contributed by atoms with Crippen LogP contribution in [0.2, 0.25) is 0 Å². The average molecular weight is 545 g/mol. The van der Waals surface area contributed by atoms with Crippen LogP contribution >= 0.6 is 0 Å². The Morgan fingerprint density at radius 2 is 1.28 bits per heavy atom. The van der Waals surface area contributed by atoms with E-state index in [1.807, 2.05) is 6.92 Å². The fourth-order valence-electron chi connectivity index (χ4n) is 5.18. The topological polar surface area (TPSA) is 34.2 Å². The van der Waals surface area contributed by atoms with Crippen molar-refractivity contribution in [1.82, 2.24) is 9.80 Å². The molecule has 0 fully saturated rings. The Morgan fingerprint density at radius 1 is 0.692 bits per heavy atom. The zero-order valence-electron chi connectivity index (χ0n) is 25.7. The molecule has 224 valence electrons. The Hall–Kier alpha value is -1.56. The summed E-state index contributed by atoms with van der Waals surface area (Å²) in [5.41, 5.74) is 2.53. The zero-order chi connectivity index (χ0) is 27.8. The van der Waals surface area contributed by atoms with E-state index in [-0.39, 0.29) is 6.10 Å². The van der Waals surface area contributed by atoms with Crippen molar-refractivity contribution in [2.75, 3.05) is 39.6 Å². The van der Waals surface area contributed by atoms with E-state index in [0.29, 0.717) is 26.4 Å². The van der Waals surface area contributed by atoms with Gasteiger partial charge in [0.1, 0.15) is 6.10 Å². The number of hydrogen-bond acceptors (Lipinski definition) is 5. The first kappa shape index (κ1) is 33.6. The second-order valence-electron chi connectivity index (χ2n) is 11.2. The summed E-state index contributed by atoms with van der Waals surface area (Å²) in [7, 11) is 0. The minimum absolute atomic E-state index is 0.000378. The lowest BCUT2D eigenvalue weighted by Crippen LogP contribution is -2.26. The number of ether oxygens (including phenoxy) is 3. The van der Waals surface area contributed by atoms with Crippen LogP contribution in [0.3, 0.4) is 0 Å². The smallest absolute Gasteiger partial charge is 0.104 e. The molecule has 5 nitrogen and oxygen atoms in total. The van der Waals surface area contributed by atoms with Crippen LogP contribution in [-0.2, 0) is 27.4 Å². The maximum absolute atomic E-state index is 6.03. The highest BCUT2D eigenvalue weighted by atomic mass is 16.6. The molecule has 2 rings (SSSR count). The molecule has 39 heavy (non-hydrogen) atoms. The molecule has 0 radical (unpaired) electrons. The van der Waals surface area contributed by atoms with E-state index in [2.05, 4.69) is 60.3 Å². The summed E-state index contributed by atoms with van der Waals surface area (Å²) >= 11 is 0. The highest BCUT2D eigenvalue weighted by Gasteiger charge is 2.12. The summed E-state index contributed by atoms with van der Waals surface area (Å²) in [4.78, 5) is 4.65. The number of rotatable bonds is 26. The number of benzene rings is 1. The zero-order valence-corrected chi connectivity index (χ0v) is 25.7. The van der Waals surface area contributed by atoms with E-state index in [0.717, 1.165) is 32.8 Å². The van der Waals surface area contributed by atoms with Crippen LogP contribution in [0, 0.1) is 0 Å². The van der Waals surface area contributed by atoms with Gasteiger partial charge in [0.2, 0.25) is 0 Å². The van der Waals surface area contributed by atoms with Crippen LogP contribution in [0.25, 0.3) is 0 Å². The highest BCUT2D eigenvalue weighted by Crippen LogP contribution is 2.15. The van der Waals surface area contributed by atoms with Crippen molar-refractivity contribution in [3.63, 3.8) is 0 Å². The predicted molar refractivity (Wildman–Crippen MR) is 165 cm³/mol. The Labute approximate surface area is 241 Å². The molecule has 5 heteroatoms. The Kier molecular flexibility index (Phi) is 20.0. The summed E-state index contributed by atoms with van der Waals surface area (Å²) in [6, 6.07) is 8.72. The third kappa shape index (κ3) is 17.0. The molecular formula is C34H60N2O3. The Morgan fingerprint density at radius 3 is 1.90 bits per heavy atom. The lowest BCUT2D eigenvalue weighted by atomic mass is 10.0. The molecule has 0 amide bonds. The van der Waals surface area contributed by atoms with Gasteiger partial charge in [-0.15, -0.1) is 0 Å². The monoisotopic (exact) mass is 544 g/mol. The summed E-state index contributed by atoms with van der Waals surface area (Å²) in [6.07, 6.45) is 23.7. The van der Waals surface area contributed by atoms with Crippen molar-refractivity contribution in [3.05, 3.63) is 47.8 Å². The second-order valence-corrected chi connectivity index (χ2v) is 11.2. The molecule has 1 atom stereocenters. The van der Waals surface area contributed by atoms with Gasteiger partial charge in [-0.1, -0.05) is 115 Å². The third-order valence-electron chi connectivity index (χ3n) is 7.56. The van der Waals surface area contributed by atoms with Gasteiger partial charge in [0.15, 0.2) is 0 Å². The first-order valence-corrected chi connectivity index (χ1v) is 16.3. The van der Waals surface area contributed by atoms with Gasteiger partial charge in [-0.05, 0) is 31.4 Å². The summed E-state index contributed by atoms with van der Waals surface area (Å²) in [5.74, 6) is 0. The van der Waals surface area contributed by atoms with Gasteiger partial charge >= 0.3 is 0 Å². The molecule has 1 unspecified atom stereocenters. The molecule has 0 aliphatic carbocycles. The van der Waals surface area contributed by atoms with Crippen LogP contribution in [0.4, 0.5) is 0 Å². The number of hydrogen-bond donors (Lipinski definition) is 0. The Balaban J connectivity index is 1.45. The minimum Gasteiger partial charge on any atom is -0.379 e. The fourth-order valence-corrected chi connectivity index (χ4v) is 5.18. The van der Waals surface area contributed by atoms with Gasteiger partial charge in [0, 0.05) is 38.7 Å². The Bertz CT molecular complexity index is 726. The molecule has 0 saturated carbocycles. The van der Waals surface area contributed by atoms with Crippen molar-refractivity contribution in [1.29, 1.82) is 0 Å². The fraction of sp³-hybridized carbons (Fsp3) is 0.765. The SMILES string of the molecule is CCCCCCCCCCCCCCCCOCC(COCc1cccc(CN2C=CN(CC)C2)c1)OCC. The average Bonchev–Trinajstić information content (AvgIpc) is 3.40. The lowest BCUT2D eigenvalue weighted by Gasteiger charge is -2.20. The molecule has 0 spiro atoms. The van der Waals surface area contributed by atoms with Crippen molar-refractivity contribution in [3.8, 4) is 0 Å². The van der Waals surface area contributed by atoms with Crippen LogP contribution < -0.4 is 0 Å². The molecule has 1 aromatic carbocycles. The molecule has 1 heterocycles. The molecule has 1 aliphatic heterocycles. The van der Waals surface area contributed by atoms with E-state index < -0.39 is 0 Å². The van der Waals surface area contributed by atoms with Gasteiger partial charge < -0.3 is 24.0 Å². The lowest BCUT2D eigenvalue weighted by molar-refractivity contribution is -0.0601. The van der Waals surface area contributed by atoms with Crippen molar-refractivity contribution in [2.24, 2.45) is 0 Å². The molecular weight excluding hydrogens is 484 g/mol. The predicted octanol–water partition coefficient (Wildman–Crippen LogP) is 8.67. The first-order valence-electron chi connectivity index (χ1n) is 16.3. The highest BCUT2D eigenvalue weighted by molar-refractivity contribution is 5.23. The van der Waals surface area contributed by atoms with E-state index in [1.54, 1.807) is 0 Å². The van der Waals surface area contributed by atoms with Crippen LogP contribution in [0.1, 0.15) is 122 Å². The normalized spacial score (nSPS) is 14.0.